The second kappa shape index (κ2) is 11.6. The molecule has 0 atom stereocenters. The molecule has 0 radical (unpaired) electrons. The lowest BCUT2D eigenvalue weighted by Crippen LogP contribution is -2.16. The standard InChI is InChI=1S/C26H19ClF3NO8/c1-2-11-35-25(34)14-3-5-15(6-4-14)37-23-22(33)18-9-7-16(12-19(18)38-24(23)26(28,29)30)36-21(32)10-8-17-13-20(27)31-39-17/h3-7,9,12-13H,2,8,10-11H2,1H3. The molecule has 0 aliphatic rings. The van der Waals surface area contributed by atoms with Crippen LogP contribution in [0.25, 0.3) is 11.0 Å². The van der Waals surface area contributed by atoms with E-state index in [1.165, 1.54) is 36.4 Å². The lowest BCUT2D eigenvalue weighted by Gasteiger charge is -2.14. The van der Waals surface area contributed by atoms with Crippen molar-refractivity contribution in [2.24, 2.45) is 0 Å². The number of rotatable bonds is 9. The molecule has 13 heteroatoms. The number of esters is 2. The van der Waals surface area contributed by atoms with Crippen LogP contribution in [0.2, 0.25) is 5.15 Å². The van der Waals surface area contributed by atoms with Crippen molar-refractivity contribution in [1.82, 2.24) is 5.16 Å². The summed E-state index contributed by atoms with van der Waals surface area (Å²) in [5.74, 6) is -4.04. The first-order chi connectivity index (χ1) is 18.5. The van der Waals surface area contributed by atoms with Crippen molar-refractivity contribution in [1.29, 1.82) is 0 Å². The maximum Gasteiger partial charge on any atom is 0.453 e. The quantitative estimate of drug-likeness (QED) is 0.169. The number of aromatic nitrogens is 1. The van der Waals surface area contributed by atoms with Crippen LogP contribution in [0.5, 0.6) is 17.2 Å². The minimum atomic E-state index is -5.10. The van der Waals surface area contributed by atoms with E-state index in [0.717, 1.165) is 12.1 Å². The van der Waals surface area contributed by atoms with E-state index in [1.807, 2.05) is 6.92 Å². The van der Waals surface area contributed by atoms with Gasteiger partial charge in [0.15, 0.2) is 5.15 Å². The van der Waals surface area contributed by atoms with Crippen LogP contribution in [-0.4, -0.2) is 23.7 Å². The minimum Gasteiger partial charge on any atom is -0.462 e. The predicted molar refractivity (Wildman–Crippen MR) is 130 cm³/mol. The van der Waals surface area contributed by atoms with Crippen LogP contribution in [-0.2, 0) is 22.1 Å². The van der Waals surface area contributed by atoms with E-state index in [9.17, 15) is 27.6 Å². The van der Waals surface area contributed by atoms with E-state index in [4.69, 9.17) is 34.8 Å². The Morgan fingerprint density at radius 1 is 1.05 bits per heavy atom. The van der Waals surface area contributed by atoms with Crippen LogP contribution in [0, 0.1) is 0 Å². The average molecular weight is 566 g/mol. The second-order valence-electron chi connectivity index (χ2n) is 8.10. The van der Waals surface area contributed by atoms with E-state index >= 15 is 0 Å². The first-order valence-electron chi connectivity index (χ1n) is 11.5. The first-order valence-corrected chi connectivity index (χ1v) is 11.9. The van der Waals surface area contributed by atoms with Gasteiger partial charge in [-0.05, 0) is 42.8 Å². The third-order valence-corrected chi connectivity index (χ3v) is 5.34. The third kappa shape index (κ3) is 6.77. The van der Waals surface area contributed by atoms with E-state index in [1.54, 1.807) is 0 Å². The number of nitrogens with zero attached hydrogens (tertiary/aromatic N) is 1. The van der Waals surface area contributed by atoms with Crippen molar-refractivity contribution in [3.8, 4) is 17.2 Å². The van der Waals surface area contributed by atoms with Crippen LogP contribution in [0.15, 0.2) is 62.3 Å². The number of hydrogen-bond donors (Lipinski definition) is 0. The summed E-state index contributed by atoms with van der Waals surface area (Å²) in [7, 11) is 0. The Morgan fingerprint density at radius 2 is 1.77 bits per heavy atom. The Kier molecular flexibility index (Phi) is 8.24. The van der Waals surface area contributed by atoms with Crippen molar-refractivity contribution >= 4 is 34.5 Å². The number of hydrogen-bond acceptors (Lipinski definition) is 9. The lowest BCUT2D eigenvalue weighted by atomic mass is 10.2. The fourth-order valence-corrected chi connectivity index (χ4v) is 3.52. The number of carbonyl (C=O) groups is 2. The van der Waals surface area contributed by atoms with Crippen molar-refractivity contribution in [3.63, 3.8) is 0 Å². The molecule has 2 aromatic heterocycles. The molecule has 0 amide bonds. The van der Waals surface area contributed by atoms with Crippen molar-refractivity contribution < 1.29 is 45.9 Å². The van der Waals surface area contributed by atoms with Crippen LogP contribution in [0.4, 0.5) is 13.2 Å². The fourth-order valence-electron chi connectivity index (χ4n) is 3.37. The molecule has 0 saturated heterocycles. The number of carbonyl (C=O) groups excluding carboxylic acids is 2. The van der Waals surface area contributed by atoms with E-state index in [2.05, 4.69) is 5.16 Å². The van der Waals surface area contributed by atoms with Gasteiger partial charge in [0.1, 0.15) is 22.8 Å². The van der Waals surface area contributed by atoms with Crippen LogP contribution < -0.4 is 14.9 Å². The van der Waals surface area contributed by atoms with Gasteiger partial charge in [0.2, 0.25) is 11.2 Å². The zero-order chi connectivity index (χ0) is 28.2. The first kappa shape index (κ1) is 27.7. The molecular formula is C26H19ClF3NO8. The van der Waals surface area contributed by atoms with Gasteiger partial charge in [-0.3, -0.25) is 9.59 Å². The monoisotopic (exact) mass is 565 g/mol. The van der Waals surface area contributed by atoms with E-state index in [-0.39, 0.29) is 47.1 Å². The highest BCUT2D eigenvalue weighted by molar-refractivity contribution is 6.29. The summed E-state index contributed by atoms with van der Waals surface area (Å²) in [4.78, 5) is 37.1. The topological polar surface area (TPSA) is 118 Å². The maximum absolute atomic E-state index is 13.8. The zero-order valence-electron chi connectivity index (χ0n) is 20.2. The molecule has 39 heavy (non-hydrogen) atoms. The molecule has 0 bridgehead atoms. The average Bonchev–Trinajstić information content (AvgIpc) is 3.32. The molecule has 0 aliphatic heterocycles. The van der Waals surface area contributed by atoms with E-state index < -0.39 is 40.6 Å². The molecule has 9 nitrogen and oxygen atoms in total. The lowest BCUT2D eigenvalue weighted by molar-refractivity contribution is -0.154. The third-order valence-electron chi connectivity index (χ3n) is 5.16. The van der Waals surface area contributed by atoms with Crippen LogP contribution >= 0.6 is 11.6 Å². The molecule has 0 fully saturated rings. The van der Waals surface area contributed by atoms with Gasteiger partial charge in [0.25, 0.3) is 5.76 Å². The zero-order valence-corrected chi connectivity index (χ0v) is 20.9. The Hall–Kier alpha value is -4.32. The van der Waals surface area contributed by atoms with Gasteiger partial charge in [-0.1, -0.05) is 23.7 Å². The van der Waals surface area contributed by atoms with Gasteiger partial charge in [0, 0.05) is 18.6 Å². The minimum absolute atomic E-state index is 0.121. The number of aryl methyl sites for hydroxylation is 1. The van der Waals surface area contributed by atoms with Gasteiger partial charge < -0.3 is 23.2 Å². The van der Waals surface area contributed by atoms with Gasteiger partial charge in [-0.25, -0.2) is 4.79 Å². The van der Waals surface area contributed by atoms with Gasteiger partial charge >= 0.3 is 18.1 Å². The Morgan fingerprint density at radius 3 is 2.41 bits per heavy atom. The Bertz CT molecular complexity index is 1560. The number of benzene rings is 2. The van der Waals surface area contributed by atoms with Crippen molar-refractivity contribution in [2.75, 3.05) is 6.61 Å². The van der Waals surface area contributed by atoms with Crippen molar-refractivity contribution in [3.05, 3.63) is 81.0 Å². The number of alkyl halides is 3. The highest BCUT2D eigenvalue weighted by Crippen LogP contribution is 2.38. The Labute approximate surface area is 223 Å². The predicted octanol–water partition coefficient (Wildman–Crippen LogP) is 6.35. The molecule has 0 N–H and O–H groups in total. The van der Waals surface area contributed by atoms with Crippen LogP contribution in [0.1, 0.15) is 41.6 Å². The Balaban J connectivity index is 1.58. The summed E-state index contributed by atoms with van der Waals surface area (Å²) in [5.41, 5.74) is -1.42. The number of fused-ring (bicyclic) bond motifs is 1. The van der Waals surface area contributed by atoms with Crippen molar-refractivity contribution in [2.45, 2.75) is 32.4 Å². The molecule has 0 spiro atoms. The summed E-state index contributed by atoms with van der Waals surface area (Å²) >= 11 is 5.64. The number of halogens is 4. The molecular weight excluding hydrogens is 547 g/mol. The summed E-state index contributed by atoms with van der Waals surface area (Å²) in [6, 6.07) is 9.84. The van der Waals surface area contributed by atoms with E-state index in [0.29, 0.717) is 12.2 Å². The molecule has 0 unspecified atom stereocenters. The molecule has 204 valence electrons. The fraction of sp³-hybridized carbons (Fsp3) is 0.231. The molecule has 4 rings (SSSR count). The SMILES string of the molecule is CCCOC(=O)c1ccc(Oc2c(C(F)(F)F)oc3cc(OC(=O)CCc4cc(Cl)no4)ccc3c2=O)cc1. The van der Waals surface area contributed by atoms with Gasteiger partial charge in [0.05, 0.1) is 24.0 Å². The maximum atomic E-state index is 13.8. The summed E-state index contributed by atoms with van der Waals surface area (Å²) in [5, 5.41) is 3.36. The normalized spacial score (nSPS) is 11.4. The molecule has 0 saturated carbocycles. The van der Waals surface area contributed by atoms with Crippen LogP contribution in [0.3, 0.4) is 0 Å². The highest BCUT2D eigenvalue weighted by atomic mass is 35.5. The molecule has 0 aliphatic carbocycles. The molecule has 4 aromatic rings. The largest absolute Gasteiger partial charge is 0.462 e. The molecule has 2 aromatic carbocycles. The smallest absolute Gasteiger partial charge is 0.453 e. The summed E-state index contributed by atoms with van der Waals surface area (Å²) < 4.78 is 66.8. The molecule has 2 heterocycles. The van der Waals surface area contributed by atoms with Gasteiger partial charge in [-0.2, -0.15) is 13.2 Å². The number of ether oxygens (including phenoxy) is 3. The second-order valence-corrected chi connectivity index (χ2v) is 8.48. The highest BCUT2D eigenvalue weighted by Gasteiger charge is 2.40. The summed E-state index contributed by atoms with van der Waals surface area (Å²) in [6.07, 6.45) is -4.49. The van der Waals surface area contributed by atoms with Gasteiger partial charge in [-0.15, -0.1) is 0 Å². The summed E-state index contributed by atoms with van der Waals surface area (Å²) in [6.45, 7) is 2.03.